The molecule has 102 valence electrons. The number of nitrogens with zero attached hydrogens (tertiary/aromatic N) is 4. The van der Waals surface area contributed by atoms with Crippen molar-refractivity contribution < 1.29 is 9.90 Å². The fourth-order valence-electron chi connectivity index (χ4n) is 1.74. The van der Waals surface area contributed by atoms with E-state index < -0.39 is 5.97 Å². The summed E-state index contributed by atoms with van der Waals surface area (Å²) in [4.78, 5) is 16.7. The van der Waals surface area contributed by atoms with E-state index in [9.17, 15) is 4.79 Å². The Morgan fingerprint density at radius 3 is 2.68 bits per heavy atom. The molecule has 7 heteroatoms. The summed E-state index contributed by atoms with van der Waals surface area (Å²) >= 11 is 1.50. The van der Waals surface area contributed by atoms with Gasteiger partial charge in [-0.25, -0.2) is 9.78 Å². The van der Waals surface area contributed by atoms with Crippen molar-refractivity contribution >= 4 is 17.3 Å². The maximum Gasteiger partial charge on any atom is 0.358 e. The van der Waals surface area contributed by atoms with Gasteiger partial charge in [-0.1, -0.05) is 29.9 Å². The van der Waals surface area contributed by atoms with Gasteiger partial charge in [-0.05, 0) is 26.7 Å². The van der Waals surface area contributed by atoms with E-state index >= 15 is 0 Å². The maximum atomic E-state index is 11.2. The Labute approximate surface area is 115 Å². The van der Waals surface area contributed by atoms with E-state index in [-0.39, 0.29) is 5.69 Å². The number of rotatable bonds is 5. The van der Waals surface area contributed by atoms with Crippen molar-refractivity contribution in [1.82, 2.24) is 20.0 Å². The lowest BCUT2D eigenvalue weighted by Gasteiger charge is -2.02. The molecule has 0 unspecified atom stereocenters. The van der Waals surface area contributed by atoms with E-state index in [1.165, 1.54) is 11.3 Å². The van der Waals surface area contributed by atoms with Crippen molar-refractivity contribution in [2.75, 3.05) is 0 Å². The van der Waals surface area contributed by atoms with E-state index in [4.69, 9.17) is 5.11 Å². The molecule has 0 spiro atoms. The van der Waals surface area contributed by atoms with E-state index in [0.29, 0.717) is 17.2 Å². The average Bonchev–Trinajstić information content (AvgIpc) is 2.91. The van der Waals surface area contributed by atoms with Gasteiger partial charge in [0, 0.05) is 4.88 Å². The summed E-state index contributed by atoms with van der Waals surface area (Å²) in [7, 11) is 0. The van der Waals surface area contributed by atoms with Crippen LogP contribution in [0.1, 0.15) is 46.5 Å². The van der Waals surface area contributed by atoms with Crippen LogP contribution in [0, 0.1) is 13.8 Å². The van der Waals surface area contributed by atoms with E-state index in [1.807, 2.05) is 13.8 Å². The minimum absolute atomic E-state index is 0.0268. The van der Waals surface area contributed by atoms with Crippen LogP contribution in [0.25, 0.3) is 5.13 Å². The third kappa shape index (κ3) is 2.65. The Balaban J connectivity index is 2.47. The summed E-state index contributed by atoms with van der Waals surface area (Å²) in [5.74, 6) is -1.04. The molecule has 2 aromatic rings. The topological polar surface area (TPSA) is 80.9 Å². The first kappa shape index (κ1) is 13.7. The van der Waals surface area contributed by atoms with Gasteiger partial charge in [-0.15, -0.1) is 5.10 Å². The zero-order valence-electron chi connectivity index (χ0n) is 11.2. The van der Waals surface area contributed by atoms with Gasteiger partial charge >= 0.3 is 5.97 Å². The van der Waals surface area contributed by atoms with E-state index in [0.717, 1.165) is 23.4 Å². The highest BCUT2D eigenvalue weighted by atomic mass is 32.1. The molecule has 0 aliphatic heterocycles. The quantitative estimate of drug-likeness (QED) is 0.909. The number of unbranched alkanes of at least 4 members (excludes halogenated alkanes) is 1. The lowest BCUT2D eigenvalue weighted by Crippen LogP contribution is -2.07. The lowest BCUT2D eigenvalue weighted by atomic mass is 10.1. The number of carbonyl (C=O) groups is 1. The molecule has 0 aromatic carbocycles. The molecule has 0 saturated carbocycles. The van der Waals surface area contributed by atoms with E-state index in [1.54, 1.807) is 4.68 Å². The molecular weight excluding hydrogens is 264 g/mol. The Kier molecular flexibility index (Phi) is 3.94. The van der Waals surface area contributed by atoms with Crippen molar-refractivity contribution in [3.05, 3.63) is 22.0 Å². The molecule has 0 bridgehead atoms. The normalized spacial score (nSPS) is 10.9. The average molecular weight is 280 g/mol. The zero-order valence-corrected chi connectivity index (χ0v) is 12.0. The van der Waals surface area contributed by atoms with Crippen LogP contribution in [-0.2, 0) is 6.42 Å². The van der Waals surface area contributed by atoms with Crippen LogP contribution >= 0.6 is 11.3 Å². The highest BCUT2D eigenvalue weighted by Gasteiger charge is 2.21. The molecule has 0 fully saturated rings. The molecule has 0 aliphatic carbocycles. The highest BCUT2D eigenvalue weighted by Crippen LogP contribution is 2.22. The molecule has 0 amide bonds. The Bertz CT molecular complexity index is 583. The van der Waals surface area contributed by atoms with E-state index in [2.05, 4.69) is 22.2 Å². The van der Waals surface area contributed by atoms with Crippen LogP contribution in [0.15, 0.2) is 0 Å². The summed E-state index contributed by atoms with van der Waals surface area (Å²) in [6, 6.07) is 0. The fourth-order valence-corrected chi connectivity index (χ4v) is 2.62. The number of aromatic carboxylic acids is 1. The van der Waals surface area contributed by atoms with Gasteiger partial charge in [-0.2, -0.15) is 4.68 Å². The molecule has 0 atom stereocenters. The second-order valence-electron chi connectivity index (χ2n) is 4.34. The van der Waals surface area contributed by atoms with Crippen LogP contribution in [0.3, 0.4) is 0 Å². The number of carboxylic acid groups (broad SMARTS) is 1. The van der Waals surface area contributed by atoms with Gasteiger partial charge in [0.25, 0.3) is 0 Å². The summed E-state index contributed by atoms with van der Waals surface area (Å²) in [6.07, 6.45) is 2.53. The van der Waals surface area contributed by atoms with Gasteiger partial charge in [0.05, 0.1) is 11.4 Å². The molecular formula is C12H16N4O2S. The van der Waals surface area contributed by atoms with Crippen molar-refractivity contribution in [3.8, 4) is 5.13 Å². The monoisotopic (exact) mass is 280 g/mol. The molecule has 2 heterocycles. The third-order valence-electron chi connectivity index (χ3n) is 2.93. The summed E-state index contributed by atoms with van der Waals surface area (Å²) < 4.78 is 1.56. The molecule has 0 radical (unpaired) electrons. The SMILES string of the molecule is CCCCc1c(C(=O)O)nnn1-c1nc(C)c(C)s1. The van der Waals surface area contributed by atoms with Crippen LogP contribution in [0.5, 0.6) is 0 Å². The molecule has 0 aliphatic rings. The molecule has 1 N–H and O–H groups in total. The van der Waals surface area contributed by atoms with Gasteiger partial charge in [-0.3, -0.25) is 0 Å². The van der Waals surface area contributed by atoms with Gasteiger partial charge < -0.3 is 5.11 Å². The first-order valence-electron chi connectivity index (χ1n) is 6.16. The number of carboxylic acids is 1. The zero-order chi connectivity index (χ0) is 14.0. The second-order valence-corrected chi connectivity index (χ2v) is 5.52. The predicted octanol–water partition coefficient (Wildman–Crippen LogP) is 2.38. The van der Waals surface area contributed by atoms with Crippen molar-refractivity contribution in [3.63, 3.8) is 0 Å². The predicted molar refractivity (Wildman–Crippen MR) is 72.1 cm³/mol. The number of thiazole rings is 1. The Hall–Kier alpha value is -1.76. The van der Waals surface area contributed by atoms with Crippen molar-refractivity contribution in [1.29, 1.82) is 0 Å². The Morgan fingerprint density at radius 2 is 2.16 bits per heavy atom. The largest absolute Gasteiger partial charge is 0.476 e. The first-order chi connectivity index (χ1) is 9.04. The lowest BCUT2D eigenvalue weighted by molar-refractivity contribution is 0.0689. The smallest absolute Gasteiger partial charge is 0.358 e. The van der Waals surface area contributed by atoms with Crippen LogP contribution in [0.4, 0.5) is 0 Å². The van der Waals surface area contributed by atoms with Gasteiger partial charge in [0.15, 0.2) is 5.69 Å². The number of aryl methyl sites for hydroxylation is 2. The number of hydrogen-bond donors (Lipinski definition) is 1. The standard InChI is InChI=1S/C12H16N4O2S/c1-4-5-6-9-10(11(17)18)14-15-16(9)12-13-7(2)8(3)19-12/h4-6H2,1-3H3,(H,17,18). The highest BCUT2D eigenvalue weighted by molar-refractivity contribution is 7.14. The fraction of sp³-hybridized carbons (Fsp3) is 0.500. The van der Waals surface area contributed by atoms with Gasteiger partial charge in [0.2, 0.25) is 5.13 Å². The van der Waals surface area contributed by atoms with Crippen molar-refractivity contribution in [2.24, 2.45) is 0 Å². The molecule has 2 rings (SSSR count). The maximum absolute atomic E-state index is 11.2. The summed E-state index contributed by atoms with van der Waals surface area (Å²) in [5, 5.41) is 17.5. The van der Waals surface area contributed by atoms with Gasteiger partial charge in [0.1, 0.15) is 0 Å². The van der Waals surface area contributed by atoms with Crippen molar-refractivity contribution in [2.45, 2.75) is 40.0 Å². The summed E-state index contributed by atoms with van der Waals surface area (Å²) in [5.41, 5.74) is 1.59. The second kappa shape index (κ2) is 5.48. The summed E-state index contributed by atoms with van der Waals surface area (Å²) in [6.45, 7) is 5.97. The molecule has 6 nitrogen and oxygen atoms in total. The Morgan fingerprint density at radius 1 is 1.42 bits per heavy atom. The molecule has 2 aromatic heterocycles. The van der Waals surface area contributed by atoms with Crippen LogP contribution in [-0.4, -0.2) is 31.1 Å². The first-order valence-corrected chi connectivity index (χ1v) is 6.98. The molecule has 19 heavy (non-hydrogen) atoms. The number of hydrogen-bond acceptors (Lipinski definition) is 5. The number of aromatic nitrogens is 4. The third-order valence-corrected chi connectivity index (χ3v) is 3.98. The van der Waals surface area contributed by atoms with Crippen LogP contribution in [0.2, 0.25) is 0 Å². The minimum atomic E-state index is -1.04. The van der Waals surface area contributed by atoms with Crippen LogP contribution < -0.4 is 0 Å². The minimum Gasteiger partial charge on any atom is -0.476 e. The molecule has 0 saturated heterocycles.